The molecule has 1 heterocycles. The summed E-state index contributed by atoms with van der Waals surface area (Å²) in [6, 6.07) is 3.84. The van der Waals surface area contributed by atoms with E-state index in [9.17, 15) is 4.79 Å². The topological polar surface area (TPSA) is 35.5 Å². The van der Waals surface area contributed by atoms with Crippen LogP contribution in [0.25, 0.3) is 0 Å². The minimum absolute atomic E-state index is 0.0309. The first kappa shape index (κ1) is 16.2. The highest BCUT2D eigenvalue weighted by atomic mass is 28.3. The molecule has 0 aliphatic carbocycles. The van der Waals surface area contributed by atoms with Crippen molar-refractivity contribution in [1.82, 2.24) is 0 Å². The molecule has 0 fully saturated rings. The molecule has 0 N–H and O–H groups in total. The molecule has 0 bridgehead atoms. The second-order valence-electron chi connectivity index (χ2n) is 5.11. The van der Waals surface area contributed by atoms with Crippen LogP contribution in [0.3, 0.4) is 0 Å². The van der Waals surface area contributed by atoms with E-state index >= 15 is 0 Å². The van der Waals surface area contributed by atoms with E-state index in [1.54, 1.807) is 0 Å². The average Bonchev–Trinajstić information content (AvgIpc) is 2.42. The van der Waals surface area contributed by atoms with E-state index in [0.717, 1.165) is 0 Å². The lowest BCUT2D eigenvalue weighted by Gasteiger charge is -2.26. The molecule has 1 aliphatic heterocycles. The Hall–Kier alpha value is -0.873. The number of hydrogen-bond donors (Lipinski definition) is 0. The monoisotopic (exact) mass is 282 g/mol. The highest BCUT2D eigenvalue weighted by molar-refractivity contribution is 6.84. The van der Waals surface area contributed by atoms with E-state index in [-0.39, 0.29) is 18.2 Å². The molecule has 0 spiro atoms. The summed E-state index contributed by atoms with van der Waals surface area (Å²) in [7, 11) is -1.22. The summed E-state index contributed by atoms with van der Waals surface area (Å²) in [4.78, 5) is 10.8. The Morgan fingerprint density at radius 2 is 1.95 bits per heavy atom. The maximum atomic E-state index is 10.8. The normalized spacial score (nSPS) is 23.8. The molecule has 3 nitrogen and oxygen atoms in total. The summed E-state index contributed by atoms with van der Waals surface area (Å²) in [5.74, 6) is -0.262. The molecule has 0 unspecified atom stereocenters. The smallest absolute Gasteiger partial charge is 0.303 e. The molecule has 0 aromatic carbocycles. The number of rotatable bonds is 6. The Morgan fingerprint density at radius 3 is 2.37 bits per heavy atom. The van der Waals surface area contributed by atoms with Crippen molar-refractivity contribution in [2.75, 3.05) is 6.61 Å². The Bertz CT molecular complexity index is 337. The van der Waals surface area contributed by atoms with Crippen molar-refractivity contribution in [3.63, 3.8) is 0 Å². The van der Waals surface area contributed by atoms with E-state index in [1.807, 2.05) is 12.2 Å². The zero-order valence-corrected chi connectivity index (χ0v) is 13.5. The summed E-state index contributed by atoms with van der Waals surface area (Å²) in [5.41, 5.74) is 2.42. The number of carbonyl (C=O) groups is 1. The van der Waals surface area contributed by atoms with Crippen LogP contribution in [0.5, 0.6) is 0 Å². The highest BCUT2D eigenvalue weighted by Crippen LogP contribution is 2.22. The van der Waals surface area contributed by atoms with Crippen LogP contribution >= 0.6 is 0 Å². The van der Waals surface area contributed by atoms with Crippen LogP contribution < -0.4 is 0 Å². The van der Waals surface area contributed by atoms with Gasteiger partial charge in [0, 0.05) is 6.92 Å². The second kappa shape index (κ2) is 7.65. The van der Waals surface area contributed by atoms with E-state index < -0.39 is 8.07 Å². The fraction of sp³-hybridized carbons (Fsp3) is 0.667. The maximum Gasteiger partial charge on any atom is 0.303 e. The zero-order valence-electron chi connectivity index (χ0n) is 12.5. The van der Waals surface area contributed by atoms with Gasteiger partial charge in [-0.2, -0.15) is 0 Å². The van der Waals surface area contributed by atoms with E-state index in [1.165, 1.54) is 25.1 Å². The third-order valence-electron chi connectivity index (χ3n) is 4.04. The van der Waals surface area contributed by atoms with Crippen LogP contribution in [0.1, 0.15) is 27.7 Å². The van der Waals surface area contributed by atoms with Gasteiger partial charge in [0.25, 0.3) is 0 Å². The molecule has 0 aromatic heterocycles. The number of esters is 1. The standard InChI is InChI=1S/C15H26O3Si/c1-5-19(6-2,7-3)11-10-14-8-9-15(12-17-14)18-13(4)16/h8-11,14-15H,5-7,12H2,1-4H3/b11-10+/t14-,15+/m1/s1. The molecule has 0 aromatic rings. The molecular weight excluding hydrogens is 256 g/mol. The maximum absolute atomic E-state index is 10.8. The summed E-state index contributed by atoms with van der Waals surface area (Å²) in [6.45, 7) is 8.74. The van der Waals surface area contributed by atoms with Gasteiger partial charge in [0.1, 0.15) is 6.10 Å². The average molecular weight is 282 g/mol. The Labute approximate surface area is 117 Å². The van der Waals surface area contributed by atoms with Gasteiger partial charge in [-0.3, -0.25) is 4.79 Å². The summed E-state index contributed by atoms with van der Waals surface area (Å²) in [5, 5.41) is 0. The van der Waals surface area contributed by atoms with Gasteiger partial charge in [0.05, 0.1) is 20.8 Å². The minimum Gasteiger partial charge on any atom is -0.456 e. The quantitative estimate of drug-likeness (QED) is 0.425. The first-order chi connectivity index (χ1) is 9.05. The van der Waals surface area contributed by atoms with Crippen LogP contribution in [0.4, 0.5) is 0 Å². The van der Waals surface area contributed by atoms with E-state index in [0.29, 0.717) is 6.61 Å². The van der Waals surface area contributed by atoms with Crippen LogP contribution in [-0.2, 0) is 14.3 Å². The number of hydrogen-bond acceptors (Lipinski definition) is 3. The Kier molecular flexibility index (Phi) is 6.52. The summed E-state index contributed by atoms with van der Waals surface area (Å²) >= 11 is 0. The fourth-order valence-corrected chi connectivity index (χ4v) is 5.16. The van der Waals surface area contributed by atoms with Gasteiger partial charge in [-0.05, 0) is 6.08 Å². The molecule has 0 saturated heterocycles. The van der Waals surface area contributed by atoms with Gasteiger partial charge in [0.15, 0.2) is 0 Å². The predicted molar refractivity (Wildman–Crippen MR) is 80.8 cm³/mol. The van der Waals surface area contributed by atoms with Gasteiger partial charge < -0.3 is 9.47 Å². The van der Waals surface area contributed by atoms with Crippen LogP contribution in [0.2, 0.25) is 18.1 Å². The summed E-state index contributed by atoms with van der Waals surface area (Å²) < 4.78 is 10.8. The molecule has 108 valence electrons. The lowest BCUT2D eigenvalue weighted by Crippen LogP contribution is -2.31. The SMILES string of the molecule is CC[Si](/C=C/[C@H]1C=C[C@H](OC(C)=O)CO1)(CC)CC. The van der Waals surface area contributed by atoms with Crippen molar-refractivity contribution >= 4 is 14.0 Å². The van der Waals surface area contributed by atoms with Crippen molar-refractivity contribution in [1.29, 1.82) is 0 Å². The van der Waals surface area contributed by atoms with Crippen molar-refractivity contribution < 1.29 is 14.3 Å². The molecular formula is C15H26O3Si. The molecule has 1 rings (SSSR count). The highest BCUT2D eigenvalue weighted by Gasteiger charge is 2.24. The van der Waals surface area contributed by atoms with Crippen molar-refractivity contribution in [2.45, 2.75) is 58.0 Å². The Morgan fingerprint density at radius 1 is 1.32 bits per heavy atom. The van der Waals surface area contributed by atoms with E-state index in [4.69, 9.17) is 9.47 Å². The lowest BCUT2D eigenvalue weighted by molar-refractivity contribution is -0.147. The van der Waals surface area contributed by atoms with Gasteiger partial charge in [-0.15, -0.1) is 0 Å². The molecule has 4 heteroatoms. The third-order valence-corrected chi connectivity index (χ3v) is 9.16. The largest absolute Gasteiger partial charge is 0.456 e. The third kappa shape index (κ3) is 4.95. The minimum atomic E-state index is -1.22. The van der Waals surface area contributed by atoms with Crippen LogP contribution in [0, 0.1) is 0 Å². The van der Waals surface area contributed by atoms with Gasteiger partial charge in [0.2, 0.25) is 0 Å². The molecule has 0 radical (unpaired) electrons. The Balaban J connectivity index is 2.58. The fourth-order valence-electron chi connectivity index (χ4n) is 2.36. The van der Waals surface area contributed by atoms with E-state index in [2.05, 4.69) is 32.5 Å². The van der Waals surface area contributed by atoms with Gasteiger partial charge >= 0.3 is 5.97 Å². The summed E-state index contributed by atoms with van der Waals surface area (Å²) in [6.07, 6.45) is 5.89. The lowest BCUT2D eigenvalue weighted by atomic mass is 10.2. The van der Waals surface area contributed by atoms with Crippen LogP contribution in [0.15, 0.2) is 23.9 Å². The molecule has 19 heavy (non-hydrogen) atoms. The first-order valence-corrected chi connectivity index (χ1v) is 9.91. The van der Waals surface area contributed by atoms with Crippen LogP contribution in [-0.4, -0.2) is 32.9 Å². The molecule has 0 saturated carbocycles. The second-order valence-corrected chi connectivity index (χ2v) is 10.3. The van der Waals surface area contributed by atoms with Crippen molar-refractivity contribution in [3.05, 3.63) is 23.9 Å². The van der Waals surface area contributed by atoms with Crippen molar-refractivity contribution in [2.24, 2.45) is 0 Å². The van der Waals surface area contributed by atoms with Crippen molar-refractivity contribution in [3.8, 4) is 0 Å². The first-order valence-electron chi connectivity index (χ1n) is 7.21. The molecule has 0 amide bonds. The molecule has 2 atom stereocenters. The van der Waals surface area contributed by atoms with Gasteiger partial charge in [-0.1, -0.05) is 56.8 Å². The zero-order chi connectivity index (χ0) is 14.3. The predicted octanol–water partition coefficient (Wildman–Crippen LogP) is 3.48. The van der Waals surface area contributed by atoms with Gasteiger partial charge in [-0.25, -0.2) is 0 Å². The number of carbonyl (C=O) groups excluding carboxylic acids is 1. The molecule has 1 aliphatic rings. The number of ether oxygens (including phenoxy) is 2.